The van der Waals surface area contributed by atoms with Gasteiger partial charge >= 0.3 is 0 Å². The summed E-state index contributed by atoms with van der Waals surface area (Å²) in [6, 6.07) is 12.8. The summed E-state index contributed by atoms with van der Waals surface area (Å²) in [5.74, 6) is 0.295. The highest BCUT2D eigenvalue weighted by atomic mass is 32.2. The molecule has 0 bridgehead atoms. The van der Waals surface area contributed by atoms with Crippen molar-refractivity contribution < 1.29 is 9.59 Å². The lowest BCUT2D eigenvalue weighted by Crippen LogP contribution is -2.22. The van der Waals surface area contributed by atoms with E-state index >= 15 is 0 Å². The largest absolute Gasteiger partial charge is 0.326 e. The maximum atomic E-state index is 12.1. The van der Waals surface area contributed by atoms with E-state index in [0.29, 0.717) is 5.82 Å². The van der Waals surface area contributed by atoms with E-state index in [2.05, 4.69) is 15.6 Å². The van der Waals surface area contributed by atoms with E-state index in [1.165, 1.54) is 18.7 Å². The molecule has 1 atom stereocenters. The Morgan fingerprint density at radius 3 is 2.64 bits per heavy atom. The first-order valence-corrected chi connectivity index (χ1v) is 7.69. The van der Waals surface area contributed by atoms with Crippen molar-refractivity contribution in [2.45, 2.75) is 24.0 Å². The molecule has 0 aliphatic carbocycles. The van der Waals surface area contributed by atoms with Crippen molar-refractivity contribution in [3.63, 3.8) is 0 Å². The molecule has 0 fully saturated rings. The second kappa shape index (κ2) is 7.61. The molecule has 0 saturated carbocycles. The highest BCUT2D eigenvalue weighted by molar-refractivity contribution is 8.00. The fourth-order valence-corrected chi connectivity index (χ4v) is 2.70. The van der Waals surface area contributed by atoms with E-state index in [4.69, 9.17) is 0 Å². The number of thioether (sulfide) groups is 1. The number of nitrogens with zero attached hydrogens (tertiary/aromatic N) is 1. The van der Waals surface area contributed by atoms with Gasteiger partial charge in [-0.15, -0.1) is 11.8 Å². The number of rotatable bonds is 5. The van der Waals surface area contributed by atoms with Gasteiger partial charge in [-0.25, -0.2) is 4.98 Å². The summed E-state index contributed by atoms with van der Waals surface area (Å²) in [4.78, 5) is 28.2. The molecule has 2 aromatic rings. The lowest BCUT2D eigenvalue weighted by Gasteiger charge is -2.12. The van der Waals surface area contributed by atoms with Crippen molar-refractivity contribution in [2.75, 3.05) is 10.6 Å². The van der Waals surface area contributed by atoms with Crippen molar-refractivity contribution in [2.24, 2.45) is 0 Å². The van der Waals surface area contributed by atoms with Crippen LogP contribution in [0.4, 0.5) is 11.5 Å². The van der Waals surface area contributed by atoms with E-state index in [1.807, 2.05) is 37.3 Å². The SMILES string of the molecule is CC(=O)Nc1cccc(SC(C)C(=O)Nc2ccccn2)c1. The molecule has 1 heterocycles. The summed E-state index contributed by atoms with van der Waals surface area (Å²) in [5.41, 5.74) is 0.717. The molecule has 0 saturated heterocycles. The number of carbonyl (C=O) groups is 2. The van der Waals surface area contributed by atoms with Crippen molar-refractivity contribution >= 4 is 35.1 Å². The first kappa shape index (κ1) is 16.0. The Kier molecular flexibility index (Phi) is 5.55. The van der Waals surface area contributed by atoms with Crippen LogP contribution in [0.25, 0.3) is 0 Å². The van der Waals surface area contributed by atoms with Gasteiger partial charge in [-0.2, -0.15) is 0 Å². The van der Waals surface area contributed by atoms with Gasteiger partial charge in [0.1, 0.15) is 5.82 Å². The number of benzene rings is 1. The van der Waals surface area contributed by atoms with E-state index in [0.717, 1.165) is 10.6 Å². The van der Waals surface area contributed by atoms with Gasteiger partial charge < -0.3 is 10.6 Å². The molecule has 22 heavy (non-hydrogen) atoms. The molecule has 1 unspecified atom stereocenters. The third kappa shape index (κ3) is 4.89. The van der Waals surface area contributed by atoms with Crippen molar-refractivity contribution in [1.82, 2.24) is 4.98 Å². The number of hydrogen-bond donors (Lipinski definition) is 2. The first-order chi connectivity index (χ1) is 10.5. The summed E-state index contributed by atoms with van der Waals surface area (Å²) < 4.78 is 0. The molecule has 5 nitrogen and oxygen atoms in total. The minimum Gasteiger partial charge on any atom is -0.326 e. The average Bonchev–Trinajstić information content (AvgIpc) is 2.48. The molecule has 0 aliphatic rings. The van der Waals surface area contributed by atoms with Crippen LogP contribution < -0.4 is 10.6 Å². The van der Waals surface area contributed by atoms with E-state index < -0.39 is 0 Å². The average molecular weight is 315 g/mol. The fraction of sp³-hybridized carbons (Fsp3) is 0.188. The van der Waals surface area contributed by atoms with E-state index in [9.17, 15) is 9.59 Å². The lowest BCUT2D eigenvalue weighted by molar-refractivity contribution is -0.115. The molecule has 6 heteroatoms. The Balaban J connectivity index is 1.97. The molecule has 114 valence electrons. The van der Waals surface area contributed by atoms with Gasteiger partial charge in [-0.05, 0) is 37.3 Å². The molecule has 1 aromatic carbocycles. The monoisotopic (exact) mass is 315 g/mol. The van der Waals surface area contributed by atoms with Gasteiger partial charge in [0.25, 0.3) is 0 Å². The number of hydrogen-bond acceptors (Lipinski definition) is 4. The topological polar surface area (TPSA) is 71.1 Å². The summed E-state index contributed by atoms with van der Waals surface area (Å²) in [7, 11) is 0. The van der Waals surface area contributed by atoms with Gasteiger partial charge in [0, 0.05) is 23.7 Å². The smallest absolute Gasteiger partial charge is 0.238 e. The number of anilines is 2. The first-order valence-electron chi connectivity index (χ1n) is 6.81. The zero-order chi connectivity index (χ0) is 15.9. The van der Waals surface area contributed by atoms with Gasteiger partial charge in [0.05, 0.1) is 5.25 Å². The van der Waals surface area contributed by atoms with Crippen molar-refractivity contribution in [3.8, 4) is 0 Å². The number of nitrogens with one attached hydrogen (secondary N) is 2. The molecule has 0 spiro atoms. The zero-order valence-corrected chi connectivity index (χ0v) is 13.2. The van der Waals surface area contributed by atoms with Gasteiger partial charge in [-0.3, -0.25) is 9.59 Å². The minimum atomic E-state index is -0.283. The van der Waals surface area contributed by atoms with Crippen molar-refractivity contribution in [3.05, 3.63) is 48.7 Å². The molecule has 0 aliphatic heterocycles. The fourth-order valence-electron chi connectivity index (χ4n) is 1.77. The third-order valence-corrected chi connectivity index (χ3v) is 3.85. The molecule has 1 aromatic heterocycles. The summed E-state index contributed by atoms with van der Waals surface area (Å²) >= 11 is 1.42. The summed E-state index contributed by atoms with van der Waals surface area (Å²) in [5, 5.41) is 5.21. The Labute approximate surface area is 133 Å². The zero-order valence-electron chi connectivity index (χ0n) is 12.4. The number of amides is 2. The van der Waals surface area contributed by atoms with Crippen LogP contribution in [-0.4, -0.2) is 22.0 Å². The maximum absolute atomic E-state index is 12.1. The Morgan fingerprint density at radius 1 is 1.14 bits per heavy atom. The van der Waals surface area contributed by atoms with Crippen LogP contribution in [0, 0.1) is 0 Å². The molecule has 2 amide bonds. The second-order valence-corrected chi connectivity index (χ2v) is 6.09. The van der Waals surface area contributed by atoms with E-state index in [-0.39, 0.29) is 17.1 Å². The van der Waals surface area contributed by atoms with Gasteiger partial charge in [0.15, 0.2) is 0 Å². The summed E-state index contributed by atoms with van der Waals surface area (Å²) in [6.45, 7) is 3.29. The molecular formula is C16H17N3O2S. The third-order valence-electron chi connectivity index (χ3n) is 2.75. The molecule has 2 rings (SSSR count). The predicted octanol–water partition coefficient (Wildman–Crippen LogP) is 3.16. The number of aromatic nitrogens is 1. The van der Waals surface area contributed by atoms with Crippen LogP contribution in [0.1, 0.15) is 13.8 Å². The minimum absolute atomic E-state index is 0.117. The Morgan fingerprint density at radius 2 is 1.95 bits per heavy atom. The molecule has 2 N–H and O–H groups in total. The normalized spacial score (nSPS) is 11.5. The van der Waals surface area contributed by atoms with Crippen LogP contribution in [0.5, 0.6) is 0 Å². The van der Waals surface area contributed by atoms with Gasteiger partial charge in [0.2, 0.25) is 11.8 Å². The van der Waals surface area contributed by atoms with Crippen LogP contribution >= 0.6 is 11.8 Å². The van der Waals surface area contributed by atoms with Crippen LogP contribution in [0.3, 0.4) is 0 Å². The van der Waals surface area contributed by atoms with E-state index in [1.54, 1.807) is 18.3 Å². The highest BCUT2D eigenvalue weighted by Gasteiger charge is 2.15. The second-order valence-electron chi connectivity index (χ2n) is 4.67. The Bertz CT molecular complexity index is 661. The lowest BCUT2D eigenvalue weighted by atomic mass is 10.3. The highest BCUT2D eigenvalue weighted by Crippen LogP contribution is 2.26. The quantitative estimate of drug-likeness (QED) is 0.831. The molecule has 0 radical (unpaired) electrons. The van der Waals surface area contributed by atoms with Gasteiger partial charge in [-0.1, -0.05) is 12.1 Å². The predicted molar refractivity (Wildman–Crippen MR) is 88.9 cm³/mol. The molecular weight excluding hydrogens is 298 g/mol. The van der Waals surface area contributed by atoms with Crippen LogP contribution in [0.2, 0.25) is 0 Å². The van der Waals surface area contributed by atoms with Crippen LogP contribution in [0.15, 0.2) is 53.6 Å². The van der Waals surface area contributed by atoms with Crippen molar-refractivity contribution in [1.29, 1.82) is 0 Å². The number of pyridine rings is 1. The number of carbonyl (C=O) groups excluding carboxylic acids is 2. The van der Waals surface area contributed by atoms with Crippen LogP contribution in [-0.2, 0) is 9.59 Å². The standard InChI is InChI=1S/C16H17N3O2S/c1-11(16(21)19-15-8-3-4-9-17-15)22-14-7-5-6-13(10-14)18-12(2)20/h3-11H,1-2H3,(H,18,20)(H,17,19,21). The Hall–Kier alpha value is -2.34. The maximum Gasteiger partial charge on any atom is 0.238 e. The summed E-state index contributed by atoms with van der Waals surface area (Å²) in [6.07, 6.45) is 1.63.